The van der Waals surface area contributed by atoms with Gasteiger partial charge in [0.15, 0.2) is 9.84 Å². The van der Waals surface area contributed by atoms with Crippen molar-refractivity contribution in [1.82, 2.24) is 5.32 Å². The van der Waals surface area contributed by atoms with Crippen LogP contribution in [-0.4, -0.2) is 26.6 Å². The average Bonchev–Trinajstić information content (AvgIpc) is 2.48. The van der Waals surface area contributed by atoms with Crippen LogP contribution in [0.25, 0.3) is 0 Å². The Bertz CT molecular complexity index is 776. The van der Waals surface area contributed by atoms with E-state index in [-0.39, 0.29) is 23.1 Å². The third-order valence-electron chi connectivity index (χ3n) is 2.95. The fraction of sp³-hybridized carbons (Fsp3) is 0.133. The van der Waals surface area contributed by atoms with Crippen LogP contribution in [0, 0.1) is 5.82 Å². The van der Waals surface area contributed by atoms with E-state index in [0.717, 1.165) is 12.1 Å². The van der Waals surface area contributed by atoms with E-state index in [0.29, 0.717) is 10.0 Å². The Morgan fingerprint density at radius 3 is 2.36 bits per heavy atom. The molecule has 2 rings (SSSR count). The lowest BCUT2D eigenvalue weighted by molar-refractivity contribution is 0.0955. The molecular formula is C15H13BrFNO3S. The quantitative estimate of drug-likeness (QED) is 0.804. The van der Waals surface area contributed by atoms with Gasteiger partial charge in [-0.15, -0.1) is 0 Å². The van der Waals surface area contributed by atoms with Gasteiger partial charge in [0.05, 0.1) is 16.2 Å². The van der Waals surface area contributed by atoms with Gasteiger partial charge in [0.1, 0.15) is 5.82 Å². The summed E-state index contributed by atoms with van der Waals surface area (Å²) in [5, 5.41) is 2.55. The Balaban J connectivity index is 1.97. The van der Waals surface area contributed by atoms with Gasteiger partial charge in [0.25, 0.3) is 5.91 Å². The molecule has 1 amide bonds. The van der Waals surface area contributed by atoms with Crippen LogP contribution in [0.5, 0.6) is 0 Å². The van der Waals surface area contributed by atoms with Gasteiger partial charge in [-0.2, -0.15) is 0 Å². The summed E-state index contributed by atoms with van der Waals surface area (Å²) < 4.78 is 37.5. The highest BCUT2D eigenvalue weighted by Crippen LogP contribution is 2.15. The molecule has 0 radical (unpaired) electrons. The van der Waals surface area contributed by atoms with E-state index in [9.17, 15) is 17.6 Å². The van der Waals surface area contributed by atoms with Crippen LogP contribution in [0.1, 0.15) is 10.4 Å². The zero-order valence-electron chi connectivity index (χ0n) is 11.4. The molecule has 22 heavy (non-hydrogen) atoms. The van der Waals surface area contributed by atoms with E-state index in [4.69, 9.17) is 0 Å². The summed E-state index contributed by atoms with van der Waals surface area (Å²) in [5.41, 5.74) is 0.432. The fourth-order valence-electron chi connectivity index (χ4n) is 1.80. The predicted octanol–water partition coefficient (Wildman–Crippen LogP) is 2.79. The Hall–Kier alpha value is -1.73. The maximum atomic E-state index is 12.8. The van der Waals surface area contributed by atoms with Gasteiger partial charge >= 0.3 is 0 Å². The van der Waals surface area contributed by atoms with Gasteiger partial charge in [-0.25, -0.2) is 12.8 Å². The molecule has 7 heteroatoms. The Morgan fingerprint density at radius 1 is 1.09 bits per heavy atom. The lowest BCUT2D eigenvalue weighted by Gasteiger charge is -2.08. The molecular weight excluding hydrogens is 373 g/mol. The number of carbonyl (C=O) groups excluding carboxylic acids is 1. The molecule has 0 aromatic heterocycles. The maximum Gasteiger partial charge on any atom is 0.252 e. The van der Waals surface area contributed by atoms with Crippen molar-refractivity contribution in [3.8, 4) is 0 Å². The second kappa shape index (κ2) is 7.02. The van der Waals surface area contributed by atoms with Gasteiger partial charge in [-0.1, -0.05) is 12.1 Å². The summed E-state index contributed by atoms with van der Waals surface area (Å²) >= 11 is 3.26. The minimum atomic E-state index is -3.56. The normalized spacial score (nSPS) is 11.2. The third kappa shape index (κ3) is 4.14. The second-order valence-corrected chi connectivity index (χ2v) is 7.47. The molecule has 0 fully saturated rings. The zero-order chi connectivity index (χ0) is 16.2. The van der Waals surface area contributed by atoms with E-state index in [1.807, 2.05) is 0 Å². The molecule has 4 nitrogen and oxygen atoms in total. The average molecular weight is 386 g/mol. The van der Waals surface area contributed by atoms with Crippen molar-refractivity contribution in [2.45, 2.75) is 4.90 Å². The Labute approximate surface area is 136 Å². The molecule has 0 heterocycles. The van der Waals surface area contributed by atoms with Crippen LogP contribution in [-0.2, 0) is 9.84 Å². The zero-order valence-corrected chi connectivity index (χ0v) is 13.8. The van der Waals surface area contributed by atoms with E-state index in [2.05, 4.69) is 21.2 Å². The van der Waals surface area contributed by atoms with Crippen molar-refractivity contribution in [1.29, 1.82) is 0 Å². The molecule has 116 valence electrons. The van der Waals surface area contributed by atoms with Crippen LogP contribution in [0.3, 0.4) is 0 Å². The highest BCUT2D eigenvalue weighted by atomic mass is 79.9. The molecule has 0 aliphatic rings. The number of amides is 1. The number of hydrogen-bond donors (Lipinski definition) is 1. The van der Waals surface area contributed by atoms with Gasteiger partial charge < -0.3 is 5.32 Å². The smallest absolute Gasteiger partial charge is 0.252 e. The summed E-state index contributed by atoms with van der Waals surface area (Å²) in [4.78, 5) is 12.0. The summed E-state index contributed by atoms with van der Waals surface area (Å²) in [6.07, 6.45) is 0. The number of nitrogens with one attached hydrogen (secondary N) is 1. The highest BCUT2D eigenvalue weighted by Gasteiger charge is 2.15. The third-order valence-corrected chi connectivity index (χ3v) is 5.37. The molecule has 0 spiro atoms. The molecule has 0 atom stereocenters. The van der Waals surface area contributed by atoms with Crippen LogP contribution in [0.15, 0.2) is 57.9 Å². The number of hydrogen-bond acceptors (Lipinski definition) is 3. The molecule has 1 N–H and O–H groups in total. The van der Waals surface area contributed by atoms with Gasteiger partial charge in [-0.3, -0.25) is 4.79 Å². The maximum absolute atomic E-state index is 12.8. The standard InChI is InChI=1S/C15H13BrFNO3S/c16-14-4-2-1-3-13(14)15(19)18-9-10-22(20,21)12-7-5-11(17)6-8-12/h1-8H,9-10H2,(H,18,19). The molecule has 0 aliphatic carbocycles. The van der Waals surface area contributed by atoms with E-state index in [1.165, 1.54) is 12.1 Å². The summed E-state index contributed by atoms with van der Waals surface area (Å²) in [5.74, 6) is -1.11. The van der Waals surface area contributed by atoms with Crippen molar-refractivity contribution in [2.75, 3.05) is 12.3 Å². The first kappa shape index (κ1) is 16.6. The molecule has 2 aromatic carbocycles. The van der Waals surface area contributed by atoms with Crippen LogP contribution in [0.4, 0.5) is 4.39 Å². The molecule has 0 saturated carbocycles. The van der Waals surface area contributed by atoms with Gasteiger partial charge in [0.2, 0.25) is 0 Å². The molecule has 0 aliphatic heterocycles. The number of benzene rings is 2. The number of sulfone groups is 1. The number of halogens is 2. The van der Waals surface area contributed by atoms with Crippen LogP contribution in [0.2, 0.25) is 0 Å². The molecule has 0 unspecified atom stereocenters. The van der Waals surface area contributed by atoms with Crippen LogP contribution >= 0.6 is 15.9 Å². The van der Waals surface area contributed by atoms with E-state index in [1.54, 1.807) is 24.3 Å². The largest absolute Gasteiger partial charge is 0.351 e. The SMILES string of the molecule is O=C(NCCS(=O)(=O)c1ccc(F)cc1)c1ccccc1Br. The van der Waals surface area contributed by atoms with Crippen molar-refractivity contribution in [3.63, 3.8) is 0 Å². The molecule has 0 bridgehead atoms. The Morgan fingerprint density at radius 2 is 1.73 bits per heavy atom. The van der Waals surface area contributed by atoms with Crippen LogP contribution < -0.4 is 5.32 Å². The fourth-order valence-corrected chi connectivity index (χ4v) is 3.42. The lowest BCUT2D eigenvalue weighted by atomic mass is 10.2. The van der Waals surface area contributed by atoms with E-state index < -0.39 is 15.7 Å². The minimum absolute atomic E-state index is 0.0279. The first-order valence-corrected chi connectivity index (χ1v) is 8.86. The summed E-state index contributed by atoms with van der Waals surface area (Å²) in [6.45, 7) is -0.0279. The highest BCUT2D eigenvalue weighted by molar-refractivity contribution is 9.10. The topological polar surface area (TPSA) is 63.2 Å². The van der Waals surface area contributed by atoms with Crippen molar-refractivity contribution >= 4 is 31.7 Å². The molecule has 0 saturated heterocycles. The molecule has 2 aromatic rings. The predicted molar refractivity (Wildman–Crippen MR) is 84.9 cm³/mol. The Kier molecular flexibility index (Phi) is 5.31. The summed E-state index contributed by atoms with van der Waals surface area (Å²) in [6, 6.07) is 11.5. The first-order valence-electron chi connectivity index (χ1n) is 6.41. The first-order chi connectivity index (χ1) is 10.4. The van der Waals surface area contributed by atoms with Crippen molar-refractivity contribution in [2.24, 2.45) is 0 Å². The summed E-state index contributed by atoms with van der Waals surface area (Å²) in [7, 11) is -3.56. The van der Waals surface area contributed by atoms with Gasteiger partial charge in [-0.05, 0) is 52.3 Å². The number of rotatable bonds is 5. The lowest BCUT2D eigenvalue weighted by Crippen LogP contribution is -2.29. The van der Waals surface area contributed by atoms with E-state index >= 15 is 0 Å². The van der Waals surface area contributed by atoms with Crippen molar-refractivity contribution < 1.29 is 17.6 Å². The van der Waals surface area contributed by atoms with Crippen molar-refractivity contribution in [3.05, 3.63) is 64.4 Å². The monoisotopic (exact) mass is 385 g/mol. The minimum Gasteiger partial charge on any atom is -0.351 e. The second-order valence-electron chi connectivity index (χ2n) is 4.51. The number of carbonyl (C=O) groups is 1. The van der Waals surface area contributed by atoms with Gasteiger partial charge in [0, 0.05) is 11.0 Å².